The van der Waals surface area contributed by atoms with Crippen LogP contribution in [0.5, 0.6) is 5.75 Å². The molecule has 2 aromatic heterocycles. The maximum absolute atomic E-state index is 13.6. The van der Waals surface area contributed by atoms with Gasteiger partial charge in [0.15, 0.2) is 0 Å². The third-order valence-corrected chi connectivity index (χ3v) is 7.47. The first-order chi connectivity index (χ1) is 16.7. The Morgan fingerprint density at radius 2 is 1.86 bits per heavy atom. The van der Waals surface area contributed by atoms with Gasteiger partial charge in [-0.25, -0.2) is 0 Å². The van der Waals surface area contributed by atoms with Crippen LogP contribution in [0.4, 0.5) is 13.2 Å². The number of nitrogens with zero attached hydrogens (tertiary/aromatic N) is 2. The fourth-order valence-electron chi connectivity index (χ4n) is 4.42. The van der Waals surface area contributed by atoms with Crippen LogP contribution in [0.3, 0.4) is 0 Å². The van der Waals surface area contributed by atoms with E-state index in [1.165, 1.54) is 0 Å². The first-order valence-electron chi connectivity index (χ1n) is 11.1. The Morgan fingerprint density at radius 3 is 2.54 bits per heavy atom. The number of carboxylic acids is 1. The summed E-state index contributed by atoms with van der Waals surface area (Å²) < 4.78 is 48.9. The summed E-state index contributed by atoms with van der Waals surface area (Å²) in [5.74, 6) is -0.487. The van der Waals surface area contributed by atoms with E-state index in [1.54, 1.807) is 36.4 Å². The molecule has 1 aliphatic heterocycles. The van der Waals surface area contributed by atoms with E-state index >= 15 is 0 Å². The summed E-state index contributed by atoms with van der Waals surface area (Å²) >= 11 is 0.707. The molecule has 0 spiro atoms. The van der Waals surface area contributed by atoms with Crippen LogP contribution in [-0.4, -0.2) is 33.6 Å². The molecule has 0 radical (unpaired) electrons. The van der Waals surface area contributed by atoms with Crippen LogP contribution in [0.1, 0.15) is 15.4 Å². The summed E-state index contributed by atoms with van der Waals surface area (Å²) in [7, 11) is 1.96. The van der Waals surface area contributed by atoms with Gasteiger partial charge in [0.05, 0.1) is 5.92 Å². The van der Waals surface area contributed by atoms with E-state index in [0.717, 1.165) is 16.6 Å². The molecule has 1 aliphatic rings. The number of aliphatic carboxylic acids is 1. The lowest BCUT2D eigenvalue weighted by Crippen LogP contribution is -2.49. The molecule has 0 saturated carbocycles. The van der Waals surface area contributed by atoms with Gasteiger partial charge in [-0.1, -0.05) is 30.3 Å². The molecule has 3 heterocycles. The normalized spacial score (nSPS) is 14.9. The smallest absolute Gasteiger partial charge is 0.426 e. The van der Waals surface area contributed by atoms with Crippen molar-refractivity contribution in [1.82, 2.24) is 9.47 Å². The van der Waals surface area contributed by atoms with Gasteiger partial charge in [-0.3, -0.25) is 9.69 Å². The Morgan fingerprint density at radius 1 is 1.11 bits per heavy atom. The zero-order chi connectivity index (χ0) is 24.7. The summed E-state index contributed by atoms with van der Waals surface area (Å²) in [5, 5.41) is 10.0. The number of carbonyl (C=O) groups is 1. The monoisotopic (exact) mass is 500 g/mol. The molecule has 1 saturated heterocycles. The number of ether oxygens (including phenoxy) is 1. The highest BCUT2D eigenvalue weighted by Gasteiger charge is 2.36. The van der Waals surface area contributed by atoms with Gasteiger partial charge in [0, 0.05) is 53.7 Å². The molecule has 5 nitrogen and oxygen atoms in total. The average molecular weight is 501 g/mol. The number of aryl methyl sites for hydroxylation is 1. The standard InChI is InChI=1S/C26H23F3N2O3S/c1-30-19(14-31-12-18(13-31)25(32)33)9-17-10-20(7-8-23(17)30)34-15-21-11-22(16-5-3-2-4-6-16)24(35-21)26(27,28)29/h2-11,18H,12-15H2,1H3,(H,32,33). The van der Waals surface area contributed by atoms with Gasteiger partial charge in [-0.2, -0.15) is 13.2 Å². The summed E-state index contributed by atoms with van der Waals surface area (Å²) in [5.41, 5.74) is 2.75. The third kappa shape index (κ3) is 4.78. The van der Waals surface area contributed by atoms with E-state index in [2.05, 4.69) is 9.47 Å². The number of benzene rings is 2. The van der Waals surface area contributed by atoms with Gasteiger partial charge < -0.3 is 14.4 Å². The van der Waals surface area contributed by atoms with E-state index < -0.39 is 17.0 Å². The summed E-state index contributed by atoms with van der Waals surface area (Å²) in [6, 6.07) is 17.8. The van der Waals surface area contributed by atoms with Crippen LogP contribution < -0.4 is 4.74 Å². The number of carboxylic acid groups (broad SMARTS) is 1. The van der Waals surface area contributed by atoms with Gasteiger partial charge in [-0.15, -0.1) is 11.3 Å². The van der Waals surface area contributed by atoms with Crippen molar-refractivity contribution in [2.45, 2.75) is 19.3 Å². The van der Waals surface area contributed by atoms with Crippen molar-refractivity contribution >= 4 is 28.2 Å². The number of hydrogen-bond acceptors (Lipinski definition) is 4. The van der Waals surface area contributed by atoms with Crippen molar-refractivity contribution in [2.24, 2.45) is 13.0 Å². The zero-order valence-corrected chi connectivity index (χ0v) is 19.7. The Kier molecular flexibility index (Phi) is 6.06. The number of hydrogen-bond donors (Lipinski definition) is 1. The van der Waals surface area contributed by atoms with Gasteiger partial charge in [0.25, 0.3) is 0 Å². The average Bonchev–Trinajstić information content (AvgIpc) is 3.36. The SMILES string of the molecule is Cn1c(CN2CC(C(=O)O)C2)cc2cc(OCc3cc(-c4ccccc4)c(C(F)(F)F)s3)ccc21. The van der Waals surface area contributed by atoms with Crippen molar-refractivity contribution < 1.29 is 27.8 Å². The van der Waals surface area contributed by atoms with E-state index in [4.69, 9.17) is 9.84 Å². The maximum Gasteiger partial charge on any atom is 0.426 e. The van der Waals surface area contributed by atoms with Crippen molar-refractivity contribution in [2.75, 3.05) is 13.1 Å². The maximum atomic E-state index is 13.6. The first kappa shape index (κ1) is 23.4. The van der Waals surface area contributed by atoms with Gasteiger partial charge in [0.2, 0.25) is 0 Å². The lowest BCUT2D eigenvalue weighted by atomic mass is 10.0. The fourth-order valence-corrected chi connectivity index (χ4v) is 5.38. The van der Waals surface area contributed by atoms with Gasteiger partial charge >= 0.3 is 12.1 Å². The lowest BCUT2D eigenvalue weighted by molar-refractivity contribution is -0.147. The second-order valence-corrected chi connectivity index (χ2v) is 9.89. The summed E-state index contributed by atoms with van der Waals surface area (Å²) in [6.07, 6.45) is -4.44. The van der Waals surface area contributed by atoms with E-state index in [9.17, 15) is 18.0 Å². The highest BCUT2D eigenvalue weighted by Crippen LogP contribution is 2.43. The third-order valence-electron chi connectivity index (χ3n) is 6.31. The molecule has 0 amide bonds. The molecule has 9 heteroatoms. The molecular weight excluding hydrogens is 477 g/mol. The molecule has 0 aliphatic carbocycles. The summed E-state index contributed by atoms with van der Waals surface area (Å²) in [4.78, 5) is 13.0. The Balaban J connectivity index is 1.31. The van der Waals surface area contributed by atoms with E-state index in [-0.39, 0.29) is 18.1 Å². The Hall–Kier alpha value is -3.30. The Bertz CT molecular complexity index is 1370. The van der Waals surface area contributed by atoms with E-state index in [0.29, 0.717) is 47.2 Å². The van der Waals surface area contributed by atoms with Crippen molar-refractivity contribution in [3.63, 3.8) is 0 Å². The minimum absolute atomic E-state index is 0.0378. The molecule has 35 heavy (non-hydrogen) atoms. The highest BCUT2D eigenvalue weighted by atomic mass is 32.1. The minimum atomic E-state index is -4.44. The second kappa shape index (κ2) is 9.05. The van der Waals surface area contributed by atoms with Crippen molar-refractivity contribution in [3.05, 3.63) is 76.1 Å². The number of fused-ring (bicyclic) bond motifs is 1. The molecule has 1 N–H and O–H groups in total. The number of halogens is 3. The van der Waals surface area contributed by atoms with Crippen LogP contribution in [0.25, 0.3) is 22.0 Å². The lowest BCUT2D eigenvalue weighted by Gasteiger charge is -2.36. The first-order valence-corrected chi connectivity index (χ1v) is 11.9. The zero-order valence-electron chi connectivity index (χ0n) is 18.9. The topological polar surface area (TPSA) is 54.7 Å². The largest absolute Gasteiger partial charge is 0.488 e. The molecule has 4 aromatic rings. The minimum Gasteiger partial charge on any atom is -0.488 e. The molecule has 182 valence electrons. The molecular formula is C26H23F3N2O3S. The fraction of sp³-hybridized carbons (Fsp3) is 0.269. The Labute approximate surface area is 204 Å². The van der Waals surface area contributed by atoms with Crippen LogP contribution in [0.2, 0.25) is 0 Å². The predicted octanol–water partition coefficient (Wildman–Crippen LogP) is 6.02. The number of rotatable bonds is 7. The van der Waals surface area contributed by atoms with Crippen LogP contribution >= 0.6 is 11.3 Å². The quantitative estimate of drug-likeness (QED) is 0.337. The molecule has 1 fully saturated rings. The highest BCUT2D eigenvalue weighted by molar-refractivity contribution is 7.12. The van der Waals surface area contributed by atoms with Gasteiger partial charge in [-0.05, 0) is 35.9 Å². The van der Waals surface area contributed by atoms with Crippen LogP contribution in [-0.2, 0) is 31.2 Å². The number of alkyl halides is 3. The summed E-state index contributed by atoms with van der Waals surface area (Å²) in [6.45, 7) is 1.77. The molecule has 0 atom stereocenters. The predicted molar refractivity (Wildman–Crippen MR) is 128 cm³/mol. The number of likely N-dealkylation sites (tertiary alicyclic amines) is 1. The molecule has 0 unspecified atom stereocenters. The van der Waals surface area contributed by atoms with Crippen molar-refractivity contribution in [3.8, 4) is 16.9 Å². The second-order valence-electron chi connectivity index (χ2n) is 8.75. The molecule has 5 rings (SSSR count). The number of thiophene rings is 1. The van der Waals surface area contributed by atoms with E-state index in [1.807, 2.05) is 31.3 Å². The molecule has 2 aromatic carbocycles. The number of aromatic nitrogens is 1. The van der Waals surface area contributed by atoms with Gasteiger partial charge in [0.1, 0.15) is 17.2 Å². The molecule has 0 bridgehead atoms. The van der Waals surface area contributed by atoms with Crippen LogP contribution in [0, 0.1) is 5.92 Å². The van der Waals surface area contributed by atoms with Crippen LogP contribution in [0.15, 0.2) is 60.7 Å². The van der Waals surface area contributed by atoms with Crippen molar-refractivity contribution in [1.29, 1.82) is 0 Å².